The molecule has 0 bridgehead atoms. The van der Waals surface area contributed by atoms with Gasteiger partial charge in [-0.1, -0.05) is 12.1 Å². The van der Waals surface area contributed by atoms with Crippen LogP contribution in [0.2, 0.25) is 0 Å². The monoisotopic (exact) mass is 287 g/mol. The summed E-state index contributed by atoms with van der Waals surface area (Å²) in [6.07, 6.45) is 7.16. The largest absolute Gasteiger partial charge is 0.334 e. The molecule has 0 saturated carbocycles. The van der Waals surface area contributed by atoms with Gasteiger partial charge >= 0.3 is 0 Å². The van der Waals surface area contributed by atoms with E-state index in [2.05, 4.69) is 14.9 Å². The second-order valence-corrected chi connectivity index (χ2v) is 5.70. The summed E-state index contributed by atoms with van der Waals surface area (Å²) in [5.74, 6) is 0.896. The van der Waals surface area contributed by atoms with Crippen molar-refractivity contribution in [1.82, 2.24) is 9.55 Å². The summed E-state index contributed by atoms with van der Waals surface area (Å²) in [4.78, 5) is 17.8. The number of anilines is 1. The van der Waals surface area contributed by atoms with Gasteiger partial charge in [-0.15, -0.1) is 11.8 Å². The number of fused-ring (bicyclic) bond motifs is 1. The zero-order chi connectivity index (χ0) is 13.9. The van der Waals surface area contributed by atoms with E-state index in [9.17, 15) is 4.79 Å². The number of carbonyl (C=O) groups excluding carboxylic acids is 1. The van der Waals surface area contributed by atoms with Crippen LogP contribution in [0.5, 0.6) is 0 Å². The number of aromatic nitrogens is 2. The minimum Gasteiger partial charge on any atom is -0.334 e. The molecule has 2 aromatic rings. The smallest absolute Gasteiger partial charge is 0.275 e. The van der Waals surface area contributed by atoms with Crippen LogP contribution in [0, 0.1) is 0 Å². The first kappa shape index (κ1) is 13.2. The fraction of sp³-hybridized carbons (Fsp3) is 0.333. The highest BCUT2D eigenvalue weighted by Crippen LogP contribution is 2.25. The molecule has 1 amide bonds. The molecular formula is C15H17N3OS. The minimum atomic E-state index is -0.131. The van der Waals surface area contributed by atoms with Gasteiger partial charge in [0, 0.05) is 24.1 Å². The number of aryl methyl sites for hydroxylation is 2. The number of hydrogen-bond donors (Lipinski definition) is 1. The van der Waals surface area contributed by atoms with Crippen LogP contribution in [0.3, 0.4) is 0 Å². The molecule has 4 nitrogen and oxygen atoms in total. The van der Waals surface area contributed by atoms with E-state index in [1.165, 1.54) is 6.42 Å². The third kappa shape index (κ3) is 2.58. The average Bonchev–Trinajstić information content (AvgIpc) is 2.92. The van der Waals surface area contributed by atoms with Gasteiger partial charge in [0.2, 0.25) is 0 Å². The number of imidazole rings is 1. The van der Waals surface area contributed by atoms with E-state index in [-0.39, 0.29) is 5.91 Å². The molecule has 0 unspecified atom stereocenters. The number of hydrogen-bond acceptors (Lipinski definition) is 3. The highest BCUT2D eigenvalue weighted by atomic mass is 32.2. The number of amides is 1. The van der Waals surface area contributed by atoms with Crippen molar-refractivity contribution >= 4 is 23.4 Å². The molecule has 3 rings (SSSR count). The Morgan fingerprint density at radius 3 is 3.00 bits per heavy atom. The van der Waals surface area contributed by atoms with E-state index >= 15 is 0 Å². The maximum Gasteiger partial charge on any atom is 0.275 e. The van der Waals surface area contributed by atoms with Crippen LogP contribution in [-0.4, -0.2) is 21.7 Å². The number of carbonyl (C=O) groups is 1. The minimum absolute atomic E-state index is 0.131. The summed E-state index contributed by atoms with van der Waals surface area (Å²) in [6, 6.07) is 7.81. The van der Waals surface area contributed by atoms with Crippen molar-refractivity contribution in [3.8, 4) is 0 Å². The Balaban J connectivity index is 1.81. The van der Waals surface area contributed by atoms with E-state index in [0.717, 1.165) is 35.8 Å². The lowest BCUT2D eigenvalue weighted by atomic mass is 10.2. The Morgan fingerprint density at radius 2 is 2.20 bits per heavy atom. The Bertz CT molecular complexity index is 612. The molecule has 2 heterocycles. The molecule has 1 aromatic carbocycles. The summed E-state index contributed by atoms with van der Waals surface area (Å²) in [7, 11) is 0. The molecule has 0 fully saturated rings. The summed E-state index contributed by atoms with van der Waals surface area (Å²) in [6.45, 7) is 0.969. The molecule has 0 radical (unpaired) electrons. The predicted molar refractivity (Wildman–Crippen MR) is 81.3 cm³/mol. The lowest BCUT2D eigenvalue weighted by Crippen LogP contribution is -2.13. The van der Waals surface area contributed by atoms with Crippen LogP contribution < -0.4 is 5.32 Å². The van der Waals surface area contributed by atoms with Gasteiger partial charge in [-0.25, -0.2) is 4.98 Å². The Kier molecular flexibility index (Phi) is 3.78. The molecule has 5 heteroatoms. The molecule has 0 aliphatic carbocycles. The number of rotatable bonds is 3. The van der Waals surface area contributed by atoms with E-state index < -0.39 is 0 Å². The molecule has 0 atom stereocenters. The molecule has 104 valence electrons. The first-order valence-electron chi connectivity index (χ1n) is 6.78. The highest BCUT2D eigenvalue weighted by Gasteiger charge is 2.17. The molecule has 0 saturated heterocycles. The molecular weight excluding hydrogens is 270 g/mol. The maximum atomic E-state index is 12.3. The van der Waals surface area contributed by atoms with Gasteiger partial charge in [0.1, 0.15) is 11.5 Å². The third-order valence-corrected chi connectivity index (χ3v) is 4.29. The maximum absolute atomic E-state index is 12.3. The summed E-state index contributed by atoms with van der Waals surface area (Å²) in [5, 5.41) is 2.95. The fourth-order valence-electron chi connectivity index (χ4n) is 2.46. The first-order chi connectivity index (χ1) is 9.78. The van der Waals surface area contributed by atoms with E-state index in [0.29, 0.717) is 5.69 Å². The van der Waals surface area contributed by atoms with Gasteiger partial charge in [-0.3, -0.25) is 4.79 Å². The zero-order valence-electron chi connectivity index (χ0n) is 11.4. The van der Waals surface area contributed by atoms with Crippen molar-refractivity contribution in [3.63, 3.8) is 0 Å². The van der Waals surface area contributed by atoms with Crippen molar-refractivity contribution < 1.29 is 4.79 Å². The molecule has 1 aromatic heterocycles. The van der Waals surface area contributed by atoms with Gasteiger partial charge in [0.05, 0.1) is 5.69 Å². The number of nitrogens with one attached hydrogen (secondary N) is 1. The summed E-state index contributed by atoms with van der Waals surface area (Å²) in [5.41, 5.74) is 1.36. The Morgan fingerprint density at radius 1 is 1.35 bits per heavy atom. The lowest BCUT2D eigenvalue weighted by molar-refractivity contribution is 0.102. The molecule has 1 N–H and O–H groups in total. The van der Waals surface area contributed by atoms with Crippen molar-refractivity contribution in [2.24, 2.45) is 0 Å². The predicted octanol–water partition coefficient (Wildman–Crippen LogP) is 3.19. The molecule has 1 aliphatic heterocycles. The van der Waals surface area contributed by atoms with Crippen molar-refractivity contribution in [3.05, 3.63) is 42.0 Å². The Hall–Kier alpha value is -1.75. The van der Waals surface area contributed by atoms with Crippen LogP contribution >= 0.6 is 11.8 Å². The van der Waals surface area contributed by atoms with Crippen LogP contribution in [0.4, 0.5) is 5.69 Å². The van der Waals surface area contributed by atoms with Crippen molar-refractivity contribution in [2.75, 3.05) is 11.6 Å². The molecule has 1 aliphatic rings. The van der Waals surface area contributed by atoms with E-state index in [4.69, 9.17) is 0 Å². The molecule has 0 spiro atoms. The van der Waals surface area contributed by atoms with E-state index in [1.807, 2.05) is 36.7 Å². The number of thioether (sulfide) groups is 1. The lowest BCUT2D eigenvalue weighted by Gasteiger charge is -2.11. The quantitative estimate of drug-likeness (QED) is 0.882. The number of nitrogens with zero attached hydrogens (tertiary/aromatic N) is 2. The second-order valence-electron chi connectivity index (χ2n) is 4.85. The summed E-state index contributed by atoms with van der Waals surface area (Å²) < 4.78 is 2.10. The van der Waals surface area contributed by atoms with Gasteiger partial charge in [0.15, 0.2) is 0 Å². The highest BCUT2D eigenvalue weighted by molar-refractivity contribution is 7.98. The standard InChI is InChI=1S/C15H17N3OS/c1-20-13-7-3-2-6-11(13)17-15(19)12-10-18-9-5-4-8-14(18)16-12/h2-3,6-7,10H,4-5,8-9H2,1H3,(H,17,19). The normalized spacial score (nSPS) is 13.8. The average molecular weight is 287 g/mol. The number of para-hydroxylation sites is 1. The van der Waals surface area contributed by atoms with Crippen molar-refractivity contribution in [2.45, 2.75) is 30.7 Å². The van der Waals surface area contributed by atoms with Crippen LogP contribution in [0.1, 0.15) is 29.2 Å². The summed E-state index contributed by atoms with van der Waals surface area (Å²) >= 11 is 1.62. The fourth-order valence-corrected chi connectivity index (χ4v) is 3.01. The van der Waals surface area contributed by atoms with Crippen LogP contribution in [-0.2, 0) is 13.0 Å². The Labute approximate surface area is 122 Å². The first-order valence-corrected chi connectivity index (χ1v) is 8.01. The van der Waals surface area contributed by atoms with Crippen LogP contribution in [0.15, 0.2) is 35.4 Å². The topological polar surface area (TPSA) is 46.9 Å². The van der Waals surface area contributed by atoms with E-state index in [1.54, 1.807) is 11.8 Å². The van der Waals surface area contributed by atoms with Crippen LogP contribution in [0.25, 0.3) is 0 Å². The zero-order valence-corrected chi connectivity index (χ0v) is 12.2. The van der Waals surface area contributed by atoms with Crippen molar-refractivity contribution in [1.29, 1.82) is 0 Å². The third-order valence-electron chi connectivity index (χ3n) is 3.50. The van der Waals surface area contributed by atoms with Gasteiger partial charge in [0.25, 0.3) is 5.91 Å². The van der Waals surface area contributed by atoms with Gasteiger partial charge in [-0.2, -0.15) is 0 Å². The number of benzene rings is 1. The SMILES string of the molecule is CSc1ccccc1NC(=O)c1cn2c(n1)CCCC2. The van der Waals surface area contributed by atoms with Gasteiger partial charge in [-0.05, 0) is 31.2 Å². The van der Waals surface area contributed by atoms with Gasteiger partial charge < -0.3 is 9.88 Å². The molecule has 20 heavy (non-hydrogen) atoms. The second kappa shape index (κ2) is 5.71.